The van der Waals surface area contributed by atoms with Crippen molar-refractivity contribution in [3.05, 3.63) is 24.5 Å². The van der Waals surface area contributed by atoms with Crippen molar-refractivity contribution in [3.63, 3.8) is 0 Å². The minimum atomic E-state index is -0.506. The van der Waals surface area contributed by atoms with Crippen LogP contribution in [-0.2, 0) is 9.53 Å². The summed E-state index contributed by atoms with van der Waals surface area (Å²) in [6, 6.07) is 0. The van der Waals surface area contributed by atoms with E-state index in [2.05, 4.69) is 6.58 Å². The van der Waals surface area contributed by atoms with Crippen LogP contribution >= 0.6 is 0 Å². The molecule has 0 spiro atoms. The maximum atomic E-state index is 10.5. The zero-order valence-corrected chi connectivity index (χ0v) is 5.41. The molecule has 0 saturated heterocycles. The molecule has 0 bridgehead atoms. The van der Waals surface area contributed by atoms with E-state index in [1.165, 1.54) is 6.08 Å². The van der Waals surface area contributed by atoms with E-state index >= 15 is 0 Å². The summed E-state index contributed by atoms with van der Waals surface area (Å²) < 4.78 is 4.71. The fourth-order valence-corrected chi connectivity index (χ4v) is 0.757. The highest BCUT2D eigenvalue weighted by molar-refractivity contribution is 5.83. The lowest BCUT2D eigenvalue weighted by molar-refractivity contribution is -0.142. The highest BCUT2D eigenvalue weighted by Gasteiger charge is 2.17. The van der Waals surface area contributed by atoms with E-state index < -0.39 is 5.97 Å². The summed E-state index contributed by atoms with van der Waals surface area (Å²) in [5, 5.41) is 8.89. The highest BCUT2D eigenvalue weighted by atomic mass is 16.5. The van der Waals surface area contributed by atoms with Crippen LogP contribution in [0.5, 0.6) is 0 Å². The SMILES string of the molecule is C=CC1CC(O)=CC(=O)O1. The first-order chi connectivity index (χ1) is 4.72. The van der Waals surface area contributed by atoms with Gasteiger partial charge in [0.15, 0.2) is 0 Å². The number of rotatable bonds is 1. The number of cyclic esters (lactones) is 1. The molecule has 1 atom stereocenters. The molecule has 3 heteroatoms. The van der Waals surface area contributed by atoms with E-state index in [0.29, 0.717) is 6.42 Å². The molecule has 1 unspecified atom stereocenters. The predicted octanol–water partition coefficient (Wildman–Crippen LogP) is 0.930. The quantitative estimate of drug-likeness (QED) is 0.435. The normalized spacial score (nSPS) is 25.0. The standard InChI is InChI=1S/C7H8O3/c1-2-6-3-5(8)4-7(9)10-6/h2,4,6,8H,1,3H2. The third-order valence-electron chi connectivity index (χ3n) is 1.23. The Bertz CT molecular complexity index is 193. The van der Waals surface area contributed by atoms with Gasteiger partial charge in [0.25, 0.3) is 0 Å². The van der Waals surface area contributed by atoms with Crippen LogP contribution < -0.4 is 0 Å². The fraction of sp³-hybridized carbons (Fsp3) is 0.286. The first-order valence-electron chi connectivity index (χ1n) is 2.95. The lowest BCUT2D eigenvalue weighted by Gasteiger charge is -2.16. The minimum absolute atomic E-state index is 0.0566. The summed E-state index contributed by atoms with van der Waals surface area (Å²) in [6.45, 7) is 3.44. The number of aliphatic hydroxyl groups is 1. The van der Waals surface area contributed by atoms with Gasteiger partial charge in [-0.2, -0.15) is 0 Å². The zero-order chi connectivity index (χ0) is 7.56. The van der Waals surface area contributed by atoms with Crippen molar-refractivity contribution in [2.24, 2.45) is 0 Å². The second-order valence-electron chi connectivity index (χ2n) is 2.05. The lowest BCUT2D eigenvalue weighted by Crippen LogP contribution is -2.20. The van der Waals surface area contributed by atoms with Gasteiger partial charge in [-0.25, -0.2) is 4.79 Å². The summed E-state index contributed by atoms with van der Waals surface area (Å²) in [7, 11) is 0. The molecule has 54 valence electrons. The molecule has 0 amide bonds. The maximum absolute atomic E-state index is 10.5. The Labute approximate surface area is 58.6 Å². The number of hydrogen-bond donors (Lipinski definition) is 1. The molecule has 0 aromatic rings. The van der Waals surface area contributed by atoms with Crippen molar-refractivity contribution in [2.45, 2.75) is 12.5 Å². The van der Waals surface area contributed by atoms with Crippen LogP contribution in [-0.4, -0.2) is 17.2 Å². The number of esters is 1. The van der Waals surface area contributed by atoms with Gasteiger partial charge in [-0.1, -0.05) is 12.7 Å². The molecular formula is C7H8O3. The number of carbonyl (C=O) groups excluding carboxylic acids is 1. The van der Waals surface area contributed by atoms with Crippen LogP contribution in [0.25, 0.3) is 0 Å². The van der Waals surface area contributed by atoms with Gasteiger partial charge < -0.3 is 9.84 Å². The largest absolute Gasteiger partial charge is 0.512 e. The molecule has 0 radical (unpaired) electrons. The van der Waals surface area contributed by atoms with Crippen molar-refractivity contribution in [1.29, 1.82) is 0 Å². The van der Waals surface area contributed by atoms with Crippen LogP contribution in [0, 0.1) is 0 Å². The second kappa shape index (κ2) is 2.56. The van der Waals surface area contributed by atoms with Gasteiger partial charge in [0.2, 0.25) is 0 Å². The maximum Gasteiger partial charge on any atom is 0.334 e. The summed E-state index contributed by atoms with van der Waals surface area (Å²) in [5.41, 5.74) is 0. The van der Waals surface area contributed by atoms with E-state index in [1.54, 1.807) is 0 Å². The predicted molar refractivity (Wildman–Crippen MR) is 35.4 cm³/mol. The highest BCUT2D eigenvalue weighted by Crippen LogP contribution is 2.12. The Balaban J connectivity index is 2.69. The number of hydrogen-bond acceptors (Lipinski definition) is 3. The Morgan fingerprint density at radius 2 is 2.60 bits per heavy atom. The molecule has 0 fully saturated rings. The summed E-state index contributed by atoms with van der Waals surface area (Å²) in [6.07, 6.45) is 2.54. The molecular weight excluding hydrogens is 132 g/mol. The topological polar surface area (TPSA) is 46.5 Å². The Morgan fingerprint density at radius 1 is 1.90 bits per heavy atom. The van der Waals surface area contributed by atoms with Crippen LogP contribution in [0.3, 0.4) is 0 Å². The third-order valence-corrected chi connectivity index (χ3v) is 1.23. The third kappa shape index (κ3) is 1.37. The van der Waals surface area contributed by atoms with Gasteiger partial charge in [-0.3, -0.25) is 0 Å². The van der Waals surface area contributed by atoms with Crippen LogP contribution in [0.1, 0.15) is 6.42 Å². The molecule has 0 aromatic carbocycles. The van der Waals surface area contributed by atoms with Gasteiger partial charge in [-0.05, 0) is 0 Å². The van der Waals surface area contributed by atoms with Crippen LogP contribution in [0.15, 0.2) is 24.5 Å². The van der Waals surface area contributed by atoms with Crippen molar-refractivity contribution in [3.8, 4) is 0 Å². The molecule has 1 N–H and O–H groups in total. The smallest absolute Gasteiger partial charge is 0.334 e. The molecule has 0 aromatic heterocycles. The number of carbonyl (C=O) groups is 1. The van der Waals surface area contributed by atoms with E-state index in [9.17, 15) is 4.79 Å². The summed E-state index contributed by atoms with van der Waals surface area (Å²) in [4.78, 5) is 10.5. The van der Waals surface area contributed by atoms with Crippen LogP contribution in [0.2, 0.25) is 0 Å². The number of ether oxygens (including phenoxy) is 1. The Hall–Kier alpha value is -1.25. The van der Waals surface area contributed by atoms with E-state index in [-0.39, 0.29) is 11.9 Å². The van der Waals surface area contributed by atoms with Crippen molar-refractivity contribution < 1.29 is 14.6 Å². The summed E-state index contributed by atoms with van der Waals surface area (Å²) in [5.74, 6) is -0.449. The van der Waals surface area contributed by atoms with Crippen molar-refractivity contribution in [2.75, 3.05) is 0 Å². The van der Waals surface area contributed by atoms with E-state index in [0.717, 1.165) is 6.08 Å². The van der Waals surface area contributed by atoms with Gasteiger partial charge in [0.05, 0.1) is 6.08 Å². The molecule has 1 aliphatic rings. The molecule has 3 nitrogen and oxygen atoms in total. The van der Waals surface area contributed by atoms with Gasteiger partial charge in [-0.15, -0.1) is 0 Å². The minimum Gasteiger partial charge on any atom is -0.512 e. The van der Waals surface area contributed by atoms with Gasteiger partial charge in [0.1, 0.15) is 11.9 Å². The van der Waals surface area contributed by atoms with Gasteiger partial charge in [0, 0.05) is 6.42 Å². The second-order valence-corrected chi connectivity index (χ2v) is 2.05. The average Bonchev–Trinajstić information content (AvgIpc) is 1.85. The summed E-state index contributed by atoms with van der Waals surface area (Å²) >= 11 is 0. The molecule has 0 aliphatic carbocycles. The Morgan fingerprint density at radius 3 is 3.10 bits per heavy atom. The zero-order valence-electron chi connectivity index (χ0n) is 5.41. The first-order valence-corrected chi connectivity index (χ1v) is 2.95. The van der Waals surface area contributed by atoms with E-state index in [4.69, 9.17) is 9.84 Å². The van der Waals surface area contributed by atoms with E-state index in [1.807, 2.05) is 0 Å². The molecule has 1 aliphatic heterocycles. The first kappa shape index (κ1) is 6.86. The average molecular weight is 140 g/mol. The molecule has 10 heavy (non-hydrogen) atoms. The monoisotopic (exact) mass is 140 g/mol. The fourth-order valence-electron chi connectivity index (χ4n) is 0.757. The van der Waals surface area contributed by atoms with Crippen LogP contribution in [0.4, 0.5) is 0 Å². The van der Waals surface area contributed by atoms with Crippen molar-refractivity contribution in [1.82, 2.24) is 0 Å². The number of aliphatic hydroxyl groups excluding tert-OH is 1. The van der Waals surface area contributed by atoms with Crippen molar-refractivity contribution >= 4 is 5.97 Å². The lowest BCUT2D eigenvalue weighted by atomic mass is 10.2. The Kier molecular flexibility index (Phi) is 1.76. The molecule has 0 saturated carbocycles. The molecule has 1 heterocycles. The van der Waals surface area contributed by atoms with Gasteiger partial charge >= 0.3 is 5.97 Å². The molecule has 1 rings (SSSR count).